The third-order valence-corrected chi connectivity index (χ3v) is 19.6. The average Bonchev–Trinajstić information content (AvgIpc) is 3.87. The summed E-state index contributed by atoms with van der Waals surface area (Å²) < 4.78 is 49.8. The van der Waals surface area contributed by atoms with E-state index in [4.69, 9.17) is 37.4 Å². The fourth-order valence-corrected chi connectivity index (χ4v) is 11.5. The summed E-state index contributed by atoms with van der Waals surface area (Å²) in [6, 6.07) is 27.1. The summed E-state index contributed by atoms with van der Waals surface area (Å²) in [7, 11) is -1.23. The lowest BCUT2D eigenvalue weighted by Crippen LogP contribution is -2.72. The molecule has 0 saturated carbocycles. The highest BCUT2D eigenvalue weighted by molar-refractivity contribution is 7.44. The molecule has 3 aliphatic heterocycles. The van der Waals surface area contributed by atoms with Crippen molar-refractivity contribution in [2.45, 2.75) is 148 Å². The molecule has 2 fully saturated rings. The van der Waals surface area contributed by atoms with Gasteiger partial charge < -0.3 is 48.0 Å². The summed E-state index contributed by atoms with van der Waals surface area (Å²) in [5.74, 6) is 0.492. The Bertz CT molecular complexity index is 2150. The maximum absolute atomic E-state index is 13.7. The molecule has 68 heavy (non-hydrogen) atoms. The van der Waals surface area contributed by atoms with Gasteiger partial charge in [0.1, 0.15) is 41.6 Å². The molecule has 0 radical (unpaired) electrons. The first-order valence-corrected chi connectivity index (χ1v) is 27.5. The maximum Gasteiger partial charge on any atom is 0.259 e. The number of nitrogens with zero attached hydrogens (tertiary/aromatic N) is 4. The van der Waals surface area contributed by atoms with Crippen LogP contribution in [-0.4, -0.2) is 119 Å². The van der Waals surface area contributed by atoms with Gasteiger partial charge in [0.25, 0.3) is 14.4 Å². The molecule has 3 heterocycles. The van der Waals surface area contributed by atoms with Gasteiger partial charge in [-0.3, -0.25) is 19.9 Å². The van der Waals surface area contributed by atoms with Crippen LogP contribution in [-0.2, 0) is 38.1 Å². The Labute approximate surface area is 405 Å². The number of carbonyl (C=O) groups excluding carboxylic acids is 2. The van der Waals surface area contributed by atoms with Gasteiger partial charge in [-0.05, 0) is 86.8 Å². The number of aliphatic imine (C=N–C) groups is 1. The number of fused-ring (bicyclic) bond motifs is 1. The number of nitrogens with one attached hydrogen (secondary N) is 3. The molecule has 370 valence electrons. The normalized spacial score (nSPS) is 23.5. The summed E-state index contributed by atoms with van der Waals surface area (Å²) in [6.07, 6.45) is -3.11. The van der Waals surface area contributed by atoms with Crippen molar-refractivity contribution >= 4 is 35.0 Å². The van der Waals surface area contributed by atoms with Crippen molar-refractivity contribution in [3.05, 3.63) is 95.6 Å². The molecule has 3 N–H and O–H groups in total. The van der Waals surface area contributed by atoms with Gasteiger partial charge in [0, 0.05) is 18.0 Å². The smallest absolute Gasteiger partial charge is 0.259 e. The van der Waals surface area contributed by atoms with Crippen LogP contribution in [0.15, 0.2) is 83.9 Å². The van der Waals surface area contributed by atoms with Crippen LogP contribution in [0.2, 0.25) is 18.1 Å². The molecule has 2 saturated heterocycles. The Morgan fingerprint density at radius 3 is 2.00 bits per heavy atom. The van der Waals surface area contributed by atoms with Crippen LogP contribution >= 0.6 is 8.53 Å². The Morgan fingerprint density at radius 2 is 1.49 bits per heavy atom. The highest BCUT2D eigenvalue weighted by Gasteiger charge is 2.58. The molecule has 18 heteroatoms. The van der Waals surface area contributed by atoms with E-state index in [2.05, 4.69) is 88.3 Å². The Hall–Kier alpha value is -4.47. The molecule has 0 aliphatic carbocycles. The van der Waals surface area contributed by atoms with Crippen molar-refractivity contribution in [3.63, 3.8) is 0 Å². The predicted octanol–water partition coefficient (Wildman–Crippen LogP) is 7.60. The van der Waals surface area contributed by atoms with Gasteiger partial charge in [-0.25, -0.2) is 4.67 Å². The molecule has 8 atom stereocenters. The second-order valence-electron chi connectivity index (χ2n) is 19.7. The molecule has 3 aromatic carbocycles. The highest BCUT2D eigenvalue weighted by atomic mass is 31.2. The largest absolute Gasteiger partial charge is 0.497 e. The molecule has 0 aromatic heterocycles. The number of ether oxygens (including phenoxy) is 4. The molecule has 2 amide bonds. The standard InChI is InChI=1S/C50H72N7O9PSi/c1-32(2)45(58)54-48-53-44-41(46(59)55-48)52-31-56(44)47-43(66-68(12,13)49(7,8)9)42(65-67(63-29-17-28-51)57(33(3)4)34(5)6)40(64-47)30-62-50(35-18-15-14-16-19-35,36-20-24-38(60-10)25-21-36)37-22-26-39(61-11)27-23-37/h14-16,18-27,31-34,40-44,47-48,53H,17,29-30H2,1-13H3,(H,54,58)(H,55,59)/t40-,41?,42-,43-,44?,47-,48?,67?/m1/s1. The Balaban J connectivity index is 1.52. The maximum atomic E-state index is 13.7. The second kappa shape index (κ2) is 22.5. The van der Waals surface area contributed by atoms with Crippen LogP contribution in [0, 0.1) is 17.2 Å². The SMILES string of the molecule is COc1ccc(C(OC[C@H]2O[C@@H](N3C=NC4C(=O)NC(NC(=O)C(C)C)NC43)[C@H](O[Si](C)(C)C(C)(C)C)[C@@H]2OP(OCCC#N)N(C(C)C)C(C)C)(c2ccccc2)c2ccc(OC)cc2)cc1. The van der Waals surface area contributed by atoms with Crippen molar-refractivity contribution in [1.29, 1.82) is 5.26 Å². The molecule has 4 unspecified atom stereocenters. The molecule has 3 aromatic rings. The Kier molecular flexibility index (Phi) is 17.5. The first-order chi connectivity index (χ1) is 32.3. The number of benzene rings is 3. The molecule has 0 spiro atoms. The molecule has 3 aliphatic rings. The number of methoxy groups -OCH3 is 2. The van der Waals surface area contributed by atoms with E-state index in [0.717, 1.165) is 16.7 Å². The van der Waals surface area contributed by atoms with Crippen molar-refractivity contribution in [2.24, 2.45) is 10.9 Å². The lowest BCUT2D eigenvalue weighted by Gasteiger charge is -2.44. The number of hydrogen-bond acceptors (Lipinski definition) is 14. The summed E-state index contributed by atoms with van der Waals surface area (Å²) in [5.41, 5.74) is 1.34. The van der Waals surface area contributed by atoms with Gasteiger partial charge in [-0.15, -0.1) is 0 Å². The van der Waals surface area contributed by atoms with Gasteiger partial charge in [0.05, 0.1) is 46.3 Å². The van der Waals surface area contributed by atoms with Crippen LogP contribution in [0.3, 0.4) is 0 Å². The number of carbonyl (C=O) groups is 2. The van der Waals surface area contributed by atoms with Crippen molar-refractivity contribution in [1.82, 2.24) is 25.5 Å². The zero-order valence-electron chi connectivity index (χ0n) is 41.9. The second-order valence-corrected chi connectivity index (χ2v) is 25.9. The first kappa shape index (κ1) is 52.9. The molecule has 16 nitrogen and oxygen atoms in total. The molecular formula is C50H72N7O9PSi. The van der Waals surface area contributed by atoms with E-state index in [1.807, 2.05) is 83.8 Å². The predicted molar refractivity (Wildman–Crippen MR) is 265 cm³/mol. The average molecular weight is 974 g/mol. The van der Waals surface area contributed by atoms with Crippen LogP contribution < -0.4 is 25.4 Å². The fourth-order valence-electron chi connectivity index (χ4n) is 8.44. The van der Waals surface area contributed by atoms with Gasteiger partial charge in [0.2, 0.25) is 5.91 Å². The van der Waals surface area contributed by atoms with E-state index in [0.29, 0.717) is 11.5 Å². The van der Waals surface area contributed by atoms with Crippen LogP contribution in [0.5, 0.6) is 11.5 Å². The van der Waals surface area contributed by atoms with Gasteiger partial charge in [-0.1, -0.05) is 89.2 Å². The van der Waals surface area contributed by atoms with Gasteiger partial charge in [-0.2, -0.15) is 5.26 Å². The zero-order valence-corrected chi connectivity index (χ0v) is 43.8. The van der Waals surface area contributed by atoms with E-state index in [-0.39, 0.29) is 54.5 Å². The molecular weight excluding hydrogens is 902 g/mol. The third-order valence-electron chi connectivity index (χ3n) is 13.0. The minimum Gasteiger partial charge on any atom is -0.497 e. The van der Waals surface area contributed by atoms with Crippen LogP contribution in [0.25, 0.3) is 0 Å². The van der Waals surface area contributed by atoms with Crippen molar-refractivity contribution in [3.8, 4) is 17.6 Å². The van der Waals surface area contributed by atoms with Crippen molar-refractivity contribution < 1.29 is 42.0 Å². The topological polar surface area (TPSA) is 177 Å². The fraction of sp³-hybridized carbons (Fsp3) is 0.560. The van der Waals surface area contributed by atoms with Crippen LogP contribution in [0.4, 0.5) is 0 Å². The summed E-state index contributed by atoms with van der Waals surface area (Å²) >= 11 is 0. The summed E-state index contributed by atoms with van der Waals surface area (Å²) in [6.45, 7) is 23.0. The quantitative estimate of drug-likeness (QED) is 0.0412. The summed E-state index contributed by atoms with van der Waals surface area (Å²) in [4.78, 5) is 33.3. The monoisotopic (exact) mass is 973 g/mol. The molecule has 6 rings (SSSR count). The van der Waals surface area contributed by atoms with E-state index < -0.39 is 65.5 Å². The minimum atomic E-state index is -2.67. The van der Waals surface area contributed by atoms with Crippen LogP contribution in [0.1, 0.15) is 85.4 Å². The van der Waals surface area contributed by atoms with E-state index >= 15 is 0 Å². The number of hydrogen-bond donors (Lipinski definition) is 3. The van der Waals surface area contributed by atoms with Crippen molar-refractivity contribution in [2.75, 3.05) is 27.4 Å². The lowest BCUT2D eigenvalue weighted by atomic mass is 9.80. The highest BCUT2D eigenvalue weighted by Crippen LogP contribution is 2.52. The third kappa shape index (κ3) is 11.6. The van der Waals surface area contributed by atoms with Gasteiger partial charge in [0.15, 0.2) is 26.9 Å². The molecule has 0 bridgehead atoms. The zero-order chi connectivity index (χ0) is 49.6. The van der Waals surface area contributed by atoms with E-state index in [1.54, 1.807) is 34.4 Å². The first-order valence-electron chi connectivity index (χ1n) is 23.5. The number of rotatable bonds is 21. The van der Waals surface area contributed by atoms with Gasteiger partial charge >= 0.3 is 0 Å². The van der Waals surface area contributed by atoms with E-state index in [9.17, 15) is 14.9 Å². The minimum absolute atomic E-state index is 0.000979. The lowest BCUT2D eigenvalue weighted by molar-refractivity contribution is -0.135. The Morgan fingerprint density at radius 1 is 0.912 bits per heavy atom. The summed E-state index contributed by atoms with van der Waals surface area (Å²) in [5, 5.41) is 18.6. The number of amides is 2. The number of nitriles is 1. The van der Waals surface area contributed by atoms with E-state index in [1.165, 1.54) is 0 Å².